The highest BCUT2D eigenvalue weighted by molar-refractivity contribution is 7.89. The summed E-state index contributed by atoms with van der Waals surface area (Å²) in [5.41, 5.74) is 10.9. The Morgan fingerprint density at radius 3 is 2.51 bits per heavy atom. The number of amidine groups is 1. The minimum Gasteiger partial charge on any atom is -0.396 e. The minimum absolute atomic E-state index is 0.0163. The highest BCUT2D eigenvalue weighted by Crippen LogP contribution is 2.35. The van der Waals surface area contributed by atoms with Gasteiger partial charge >= 0.3 is 0 Å². The maximum absolute atomic E-state index is 13.3. The molecule has 1 saturated heterocycles. The zero-order chi connectivity index (χ0) is 28.2. The molecule has 1 fully saturated rings. The lowest BCUT2D eigenvalue weighted by Gasteiger charge is -2.37. The Kier molecular flexibility index (Phi) is 9.22. The summed E-state index contributed by atoms with van der Waals surface area (Å²) in [4.78, 5) is 20.0. The number of hydrogen-bond donors (Lipinski definition) is 3. The number of aliphatic imine (C=N–C) groups is 1. The number of aliphatic hydroxyl groups excluding tert-OH is 1. The first-order valence-corrected chi connectivity index (χ1v) is 15.0. The average molecular weight is 554 g/mol. The van der Waals surface area contributed by atoms with E-state index in [4.69, 9.17) is 5.73 Å². The lowest BCUT2D eigenvalue weighted by Crippen LogP contribution is -2.51. The molecule has 0 aromatic heterocycles. The average Bonchev–Trinajstić information content (AvgIpc) is 3.05. The number of carbonyl (C=O) groups excluding carboxylic acids is 1. The molecule has 210 valence electrons. The van der Waals surface area contributed by atoms with Crippen LogP contribution < -0.4 is 11.1 Å². The Morgan fingerprint density at radius 1 is 1.15 bits per heavy atom. The fourth-order valence-corrected chi connectivity index (χ4v) is 6.69. The van der Waals surface area contributed by atoms with Crippen LogP contribution >= 0.6 is 0 Å². The maximum Gasteiger partial charge on any atom is 0.250 e. The summed E-state index contributed by atoms with van der Waals surface area (Å²) >= 11 is 0. The number of nitrogens with two attached hydrogens (primary N) is 1. The van der Waals surface area contributed by atoms with Crippen LogP contribution in [0.4, 0.5) is 5.69 Å². The van der Waals surface area contributed by atoms with Gasteiger partial charge in [-0.3, -0.25) is 4.79 Å². The van der Waals surface area contributed by atoms with Gasteiger partial charge in [0.1, 0.15) is 5.84 Å². The first kappa shape index (κ1) is 28.9. The van der Waals surface area contributed by atoms with E-state index < -0.39 is 10.0 Å². The molecule has 2 aliphatic heterocycles. The quantitative estimate of drug-likeness (QED) is 0.392. The van der Waals surface area contributed by atoms with Crippen LogP contribution in [0.1, 0.15) is 44.2 Å². The van der Waals surface area contributed by atoms with E-state index in [-0.39, 0.29) is 29.7 Å². The molecule has 0 aliphatic carbocycles. The van der Waals surface area contributed by atoms with Gasteiger partial charge < -0.3 is 21.1 Å². The van der Waals surface area contributed by atoms with E-state index in [0.717, 1.165) is 35.1 Å². The van der Waals surface area contributed by atoms with Crippen molar-refractivity contribution in [3.05, 3.63) is 53.1 Å². The number of amides is 1. The summed E-state index contributed by atoms with van der Waals surface area (Å²) in [6.45, 7) is 6.67. The molecule has 0 bridgehead atoms. The van der Waals surface area contributed by atoms with Gasteiger partial charge in [0.15, 0.2) is 0 Å². The van der Waals surface area contributed by atoms with Gasteiger partial charge in [0.2, 0.25) is 15.9 Å². The van der Waals surface area contributed by atoms with Gasteiger partial charge in [0.05, 0.1) is 10.6 Å². The van der Waals surface area contributed by atoms with Crippen molar-refractivity contribution >= 4 is 33.5 Å². The van der Waals surface area contributed by atoms with Crippen LogP contribution in [0.5, 0.6) is 0 Å². The van der Waals surface area contributed by atoms with Crippen LogP contribution in [-0.4, -0.2) is 74.3 Å². The van der Waals surface area contributed by atoms with Gasteiger partial charge in [-0.2, -0.15) is 4.31 Å². The van der Waals surface area contributed by atoms with E-state index >= 15 is 0 Å². The van der Waals surface area contributed by atoms with Crippen LogP contribution in [0.25, 0.3) is 17.2 Å². The first-order chi connectivity index (χ1) is 18.7. The number of sulfonamides is 1. The number of carbonyl (C=O) groups is 1. The maximum atomic E-state index is 13.3. The molecule has 4 N–H and O–H groups in total. The summed E-state index contributed by atoms with van der Waals surface area (Å²) in [5.74, 6) is 0.329. The van der Waals surface area contributed by atoms with Gasteiger partial charge in [0.25, 0.3) is 0 Å². The normalized spacial score (nSPS) is 16.1. The predicted octanol–water partition coefficient (Wildman–Crippen LogP) is 3.11. The molecular formula is C29H39N5O4S. The Hall–Kier alpha value is -3.05. The number of aliphatic hydroxyl groups is 1. The van der Waals surface area contributed by atoms with Crippen molar-refractivity contribution in [2.24, 2.45) is 16.6 Å². The molecule has 9 nitrogen and oxygen atoms in total. The lowest BCUT2D eigenvalue weighted by atomic mass is 9.97. The molecule has 0 radical (unpaired) electrons. The van der Waals surface area contributed by atoms with Gasteiger partial charge in [-0.05, 0) is 60.9 Å². The molecule has 10 heteroatoms. The van der Waals surface area contributed by atoms with Crippen LogP contribution in [-0.2, 0) is 21.4 Å². The fourth-order valence-electron chi connectivity index (χ4n) is 5.07. The number of fused-ring (bicyclic) bond motifs is 1. The van der Waals surface area contributed by atoms with E-state index in [1.165, 1.54) is 4.31 Å². The molecule has 4 rings (SSSR count). The zero-order valence-corrected chi connectivity index (χ0v) is 23.8. The second kappa shape index (κ2) is 12.4. The summed E-state index contributed by atoms with van der Waals surface area (Å²) < 4.78 is 27.9. The summed E-state index contributed by atoms with van der Waals surface area (Å²) in [6.07, 6.45) is 3.91. The third-order valence-corrected chi connectivity index (χ3v) is 8.95. The van der Waals surface area contributed by atoms with Crippen molar-refractivity contribution in [1.29, 1.82) is 0 Å². The third kappa shape index (κ3) is 6.24. The summed E-state index contributed by atoms with van der Waals surface area (Å²) in [7, 11) is -1.83. The van der Waals surface area contributed by atoms with Crippen molar-refractivity contribution in [3.8, 4) is 11.1 Å². The summed E-state index contributed by atoms with van der Waals surface area (Å²) in [6, 6.07) is 10.9. The molecule has 1 amide bonds. The highest BCUT2D eigenvalue weighted by Gasteiger charge is 2.36. The van der Waals surface area contributed by atoms with Gasteiger partial charge in [-0.15, -0.1) is 0 Å². The van der Waals surface area contributed by atoms with Crippen molar-refractivity contribution in [2.75, 3.05) is 39.8 Å². The number of hydrogen-bond acceptors (Lipinski definition) is 7. The zero-order valence-electron chi connectivity index (χ0n) is 23.0. The molecule has 0 spiro atoms. The third-order valence-electron chi connectivity index (χ3n) is 7.12. The number of nitrogens with zero attached hydrogens (tertiary/aromatic N) is 3. The topological polar surface area (TPSA) is 128 Å². The molecule has 0 saturated carbocycles. The molecule has 2 heterocycles. The molecule has 2 aliphatic rings. The second-order valence-electron chi connectivity index (χ2n) is 10.2. The van der Waals surface area contributed by atoms with Crippen LogP contribution in [0.3, 0.4) is 0 Å². The van der Waals surface area contributed by atoms with Gasteiger partial charge in [0, 0.05) is 62.8 Å². The molecular weight excluding hydrogens is 514 g/mol. The highest BCUT2D eigenvalue weighted by atomic mass is 32.2. The van der Waals surface area contributed by atoms with E-state index in [9.17, 15) is 18.3 Å². The Balaban J connectivity index is 1.72. The second-order valence-corrected chi connectivity index (χ2v) is 12.2. The van der Waals surface area contributed by atoms with E-state index in [0.29, 0.717) is 49.8 Å². The molecule has 39 heavy (non-hydrogen) atoms. The van der Waals surface area contributed by atoms with Crippen LogP contribution in [0.15, 0.2) is 51.9 Å². The number of nitrogens with one attached hydrogen (secondary N) is 1. The van der Waals surface area contributed by atoms with Crippen molar-refractivity contribution < 1.29 is 18.3 Å². The van der Waals surface area contributed by atoms with Crippen LogP contribution in [0, 0.1) is 5.92 Å². The fraction of sp³-hybridized carbons (Fsp3) is 0.448. The van der Waals surface area contributed by atoms with E-state index in [1.54, 1.807) is 12.1 Å². The predicted molar refractivity (Wildman–Crippen MR) is 155 cm³/mol. The Morgan fingerprint density at radius 2 is 1.87 bits per heavy atom. The summed E-state index contributed by atoms with van der Waals surface area (Å²) in [5, 5.41) is 12.5. The van der Waals surface area contributed by atoms with Gasteiger partial charge in [-0.25, -0.2) is 13.4 Å². The standard InChI is InChI=1S/C29H39N5O4S/c1-4-10-33(11-5-2)29(36)24-12-22-7-6-21(13-27(22)32-28(30)14-24)26-15-25(9-8-23(26)16-31-3)39(37,38)34-17-20(18-34)19-35/h6-9,12-13,15,20,31,35H,4-5,10-11,14,16-19H2,1-3H3,(H2,30,32). The van der Waals surface area contributed by atoms with Crippen molar-refractivity contribution in [3.63, 3.8) is 0 Å². The van der Waals surface area contributed by atoms with Gasteiger partial charge in [-0.1, -0.05) is 32.0 Å². The van der Waals surface area contributed by atoms with Crippen molar-refractivity contribution in [1.82, 2.24) is 14.5 Å². The first-order valence-electron chi connectivity index (χ1n) is 13.6. The van der Waals surface area contributed by atoms with Crippen LogP contribution in [0.2, 0.25) is 0 Å². The molecule has 0 atom stereocenters. The smallest absolute Gasteiger partial charge is 0.250 e. The number of rotatable bonds is 11. The largest absolute Gasteiger partial charge is 0.396 e. The molecule has 2 aromatic rings. The SMILES string of the molecule is CCCN(CCC)C(=O)C1=Cc2ccc(-c3cc(S(=O)(=O)N4CC(CO)C4)ccc3CNC)cc2N=C(N)C1. The molecule has 2 aromatic carbocycles. The van der Waals surface area contributed by atoms with E-state index in [2.05, 4.69) is 24.2 Å². The lowest BCUT2D eigenvalue weighted by molar-refractivity contribution is -0.127. The minimum atomic E-state index is -3.67. The monoisotopic (exact) mass is 553 g/mol. The Bertz CT molecular complexity index is 1370. The number of benzene rings is 2. The Labute approximate surface area is 231 Å². The molecule has 0 unspecified atom stereocenters. The van der Waals surface area contributed by atoms with Crippen molar-refractivity contribution in [2.45, 2.75) is 44.6 Å². The van der Waals surface area contributed by atoms with E-state index in [1.807, 2.05) is 42.3 Å².